The smallest absolute Gasteiger partial charge is 0.344 e. The van der Waals surface area contributed by atoms with Crippen LogP contribution in [0.4, 0.5) is 8.78 Å². The number of ether oxygens (including phenoxy) is 2. The van der Waals surface area contributed by atoms with Crippen LogP contribution in [-0.2, 0) is 14.3 Å². The van der Waals surface area contributed by atoms with Gasteiger partial charge in [-0.15, -0.1) is 0 Å². The number of nitrogens with two attached hydrogens (primary N) is 2. The van der Waals surface area contributed by atoms with Crippen LogP contribution in [0.1, 0.15) is 44.0 Å². The minimum atomic E-state index is -1.04. The number of nitrogens with zero attached hydrogens (tertiary/aromatic N) is 2. The van der Waals surface area contributed by atoms with E-state index >= 15 is 0 Å². The molecule has 33 heavy (non-hydrogen) atoms. The molecule has 1 fully saturated rings. The van der Waals surface area contributed by atoms with Gasteiger partial charge in [0.15, 0.2) is 6.61 Å². The second-order valence-corrected chi connectivity index (χ2v) is 7.99. The van der Waals surface area contributed by atoms with E-state index in [4.69, 9.17) is 20.9 Å². The fraction of sp³-hybridized carbons (Fsp3) is 0.522. The molecule has 8 nitrogen and oxygen atoms in total. The number of carbonyl (C=O) groups is 2. The molecule has 1 aromatic carbocycles. The molecule has 0 saturated carbocycles. The van der Waals surface area contributed by atoms with E-state index in [-0.39, 0.29) is 29.3 Å². The number of amidine groups is 1. The molecule has 0 bridgehead atoms. The van der Waals surface area contributed by atoms with Crippen molar-refractivity contribution in [3.05, 3.63) is 46.7 Å². The van der Waals surface area contributed by atoms with Gasteiger partial charge in [0.1, 0.15) is 23.0 Å². The van der Waals surface area contributed by atoms with Crippen LogP contribution in [0.15, 0.2) is 34.5 Å². The number of halogens is 2. The van der Waals surface area contributed by atoms with Crippen molar-refractivity contribution in [1.29, 1.82) is 0 Å². The SMILES string of the molecule is CC/C(N)=C(\C(=O)OCC(=O)c1c(F)cccc1F)C(N)=NCCCN1C[C@@H](C)O[C@@H](C)C1. The molecular formula is C23H32F2N4O4. The standard InChI is InChI=1S/C23H32F2N4O4/c1-4-18(26)21(22(27)28-9-6-10-29-11-14(2)33-15(3)12-29)23(31)32-13-19(30)20-16(24)7-5-8-17(20)25/h5,7-8,14-15H,4,6,9-13,26H2,1-3H3,(H2,27,28)/b21-18+/t14-,15+. The van der Waals surface area contributed by atoms with Crippen molar-refractivity contribution < 1.29 is 27.8 Å². The molecule has 1 saturated heterocycles. The molecule has 1 aliphatic rings. The first-order chi connectivity index (χ1) is 15.6. The first-order valence-electron chi connectivity index (χ1n) is 10.9. The fourth-order valence-corrected chi connectivity index (χ4v) is 3.66. The van der Waals surface area contributed by atoms with Gasteiger partial charge in [-0.25, -0.2) is 13.6 Å². The summed E-state index contributed by atoms with van der Waals surface area (Å²) in [6, 6.07) is 3.02. The van der Waals surface area contributed by atoms with Gasteiger partial charge in [-0.3, -0.25) is 14.7 Å². The Morgan fingerprint density at radius 1 is 1.18 bits per heavy atom. The monoisotopic (exact) mass is 466 g/mol. The van der Waals surface area contributed by atoms with E-state index in [0.29, 0.717) is 19.4 Å². The lowest BCUT2D eigenvalue weighted by atomic mass is 10.1. The van der Waals surface area contributed by atoms with Gasteiger partial charge in [0, 0.05) is 31.9 Å². The first-order valence-corrected chi connectivity index (χ1v) is 10.9. The van der Waals surface area contributed by atoms with Crippen molar-refractivity contribution in [3.8, 4) is 0 Å². The van der Waals surface area contributed by atoms with Gasteiger partial charge < -0.3 is 20.9 Å². The van der Waals surface area contributed by atoms with Gasteiger partial charge in [0.2, 0.25) is 5.78 Å². The van der Waals surface area contributed by atoms with E-state index in [1.54, 1.807) is 6.92 Å². The van der Waals surface area contributed by atoms with E-state index < -0.39 is 35.6 Å². The quantitative estimate of drug-likeness (QED) is 0.135. The number of aliphatic imine (C=N–C) groups is 1. The number of Topliss-reactive ketones (excluding diaryl/α,β-unsaturated/α-hetero) is 1. The molecular weight excluding hydrogens is 434 g/mol. The number of morpholine rings is 1. The number of benzene rings is 1. The minimum absolute atomic E-state index is 0.104. The third-order valence-corrected chi connectivity index (χ3v) is 5.15. The van der Waals surface area contributed by atoms with Crippen molar-refractivity contribution in [1.82, 2.24) is 4.90 Å². The second-order valence-electron chi connectivity index (χ2n) is 7.99. The summed E-state index contributed by atoms with van der Waals surface area (Å²) in [5, 5.41) is 0. The fourth-order valence-electron chi connectivity index (χ4n) is 3.66. The molecule has 0 aromatic heterocycles. The Balaban J connectivity index is 1.97. The Labute approximate surface area is 192 Å². The van der Waals surface area contributed by atoms with Crippen molar-refractivity contribution in [2.75, 3.05) is 32.8 Å². The van der Waals surface area contributed by atoms with Crippen molar-refractivity contribution in [3.63, 3.8) is 0 Å². The van der Waals surface area contributed by atoms with Gasteiger partial charge in [-0.05, 0) is 38.8 Å². The number of hydrogen-bond donors (Lipinski definition) is 2. The van der Waals surface area contributed by atoms with Gasteiger partial charge in [-0.1, -0.05) is 13.0 Å². The summed E-state index contributed by atoms with van der Waals surface area (Å²) in [6.45, 7) is 7.74. The van der Waals surface area contributed by atoms with Gasteiger partial charge in [-0.2, -0.15) is 0 Å². The zero-order valence-corrected chi connectivity index (χ0v) is 19.3. The van der Waals surface area contributed by atoms with Crippen LogP contribution in [0.3, 0.4) is 0 Å². The van der Waals surface area contributed by atoms with Crippen LogP contribution in [-0.4, -0.2) is 67.5 Å². The third-order valence-electron chi connectivity index (χ3n) is 5.15. The first kappa shape index (κ1) is 26.4. The maximum absolute atomic E-state index is 13.8. The van der Waals surface area contributed by atoms with Crippen LogP contribution in [0.5, 0.6) is 0 Å². The Morgan fingerprint density at radius 2 is 1.79 bits per heavy atom. The Hall–Kier alpha value is -2.85. The third kappa shape index (κ3) is 7.61. The Bertz CT molecular complexity index is 889. The molecule has 0 spiro atoms. The molecule has 0 unspecified atom stereocenters. The van der Waals surface area contributed by atoms with E-state index in [1.807, 2.05) is 13.8 Å². The normalized spacial score (nSPS) is 20.3. The molecule has 10 heteroatoms. The highest BCUT2D eigenvalue weighted by molar-refractivity contribution is 6.19. The molecule has 182 valence electrons. The van der Waals surface area contributed by atoms with E-state index in [1.165, 1.54) is 0 Å². The van der Waals surface area contributed by atoms with Gasteiger partial charge in [0.25, 0.3) is 0 Å². The summed E-state index contributed by atoms with van der Waals surface area (Å²) in [7, 11) is 0. The summed E-state index contributed by atoms with van der Waals surface area (Å²) in [5.74, 6) is -4.17. The molecule has 1 aliphatic heterocycles. The van der Waals surface area contributed by atoms with E-state index in [2.05, 4.69) is 9.89 Å². The number of allylic oxidation sites excluding steroid dienone is 1. The maximum Gasteiger partial charge on any atom is 0.344 e. The average molecular weight is 467 g/mol. The summed E-state index contributed by atoms with van der Waals surface area (Å²) in [5.41, 5.74) is 11.1. The molecule has 2 atom stereocenters. The lowest BCUT2D eigenvalue weighted by Crippen LogP contribution is -2.45. The summed E-state index contributed by atoms with van der Waals surface area (Å²) < 4.78 is 38.2. The van der Waals surface area contributed by atoms with E-state index in [9.17, 15) is 18.4 Å². The predicted octanol–water partition coefficient (Wildman–Crippen LogP) is 2.17. The Kier molecular flexibility index (Phi) is 9.93. The van der Waals surface area contributed by atoms with E-state index in [0.717, 1.165) is 37.8 Å². The largest absolute Gasteiger partial charge is 0.454 e. The highest BCUT2D eigenvalue weighted by atomic mass is 19.1. The predicted molar refractivity (Wildman–Crippen MR) is 121 cm³/mol. The lowest BCUT2D eigenvalue weighted by Gasteiger charge is -2.35. The highest BCUT2D eigenvalue weighted by Crippen LogP contribution is 2.14. The van der Waals surface area contributed by atoms with Crippen molar-refractivity contribution in [2.24, 2.45) is 16.5 Å². The van der Waals surface area contributed by atoms with Crippen LogP contribution in [0, 0.1) is 11.6 Å². The summed E-state index contributed by atoms with van der Waals surface area (Å²) in [4.78, 5) is 31.2. The molecule has 0 amide bonds. The number of rotatable bonds is 10. The average Bonchev–Trinajstić information content (AvgIpc) is 2.74. The summed E-state index contributed by atoms with van der Waals surface area (Å²) >= 11 is 0. The molecule has 1 aromatic rings. The van der Waals surface area contributed by atoms with Crippen LogP contribution < -0.4 is 11.5 Å². The minimum Gasteiger partial charge on any atom is -0.454 e. The van der Waals surface area contributed by atoms with Crippen LogP contribution in [0.2, 0.25) is 0 Å². The number of esters is 1. The molecule has 0 radical (unpaired) electrons. The zero-order valence-electron chi connectivity index (χ0n) is 19.3. The van der Waals surface area contributed by atoms with Crippen LogP contribution in [0.25, 0.3) is 0 Å². The maximum atomic E-state index is 13.8. The van der Waals surface area contributed by atoms with Crippen molar-refractivity contribution >= 4 is 17.6 Å². The molecule has 4 N–H and O–H groups in total. The lowest BCUT2D eigenvalue weighted by molar-refractivity contribution is -0.137. The molecule has 2 rings (SSSR count). The zero-order chi connectivity index (χ0) is 24.5. The summed E-state index contributed by atoms with van der Waals surface area (Å²) in [6.07, 6.45) is 1.33. The Morgan fingerprint density at radius 3 is 2.36 bits per heavy atom. The molecule has 0 aliphatic carbocycles. The number of carbonyl (C=O) groups excluding carboxylic acids is 2. The van der Waals surface area contributed by atoms with Gasteiger partial charge >= 0.3 is 5.97 Å². The molecule has 1 heterocycles. The number of hydrogen-bond acceptors (Lipinski definition) is 7. The topological polar surface area (TPSA) is 120 Å². The van der Waals surface area contributed by atoms with Gasteiger partial charge in [0.05, 0.1) is 17.8 Å². The van der Waals surface area contributed by atoms with Crippen LogP contribution >= 0.6 is 0 Å². The highest BCUT2D eigenvalue weighted by Gasteiger charge is 2.24. The van der Waals surface area contributed by atoms with Crippen molar-refractivity contribution in [2.45, 2.75) is 45.8 Å². The number of ketones is 1. The second kappa shape index (κ2) is 12.4.